The summed E-state index contributed by atoms with van der Waals surface area (Å²) in [6.45, 7) is 4.51. The van der Waals surface area contributed by atoms with E-state index in [1.165, 1.54) is 6.07 Å². The van der Waals surface area contributed by atoms with Gasteiger partial charge in [0, 0.05) is 0 Å². The van der Waals surface area contributed by atoms with Crippen LogP contribution in [0.4, 0.5) is 4.39 Å². The molecule has 0 saturated heterocycles. The van der Waals surface area contributed by atoms with Gasteiger partial charge in [0.05, 0.1) is 17.0 Å². The maximum absolute atomic E-state index is 14.2. The normalized spacial score (nSPS) is 12.6. The van der Waals surface area contributed by atoms with Crippen LogP contribution in [0, 0.1) is 18.2 Å². The Hall–Kier alpha value is -2.96. The first-order valence-electron chi connectivity index (χ1n) is 10.4. The molecule has 0 fully saturated rings. The molecule has 0 heterocycles. The highest BCUT2D eigenvalue weighted by molar-refractivity contribution is 6.32. The van der Waals surface area contributed by atoms with Crippen LogP contribution >= 0.6 is 11.6 Å². The third-order valence-electron chi connectivity index (χ3n) is 5.30. The molecule has 0 amide bonds. The Morgan fingerprint density at radius 1 is 1.03 bits per heavy atom. The first-order valence-corrected chi connectivity index (χ1v) is 10.7. The van der Waals surface area contributed by atoms with Crippen LogP contribution in [0.1, 0.15) is 37.8 Å². The lowest BCUT2D eigenvalue weighted by atomic mass is 9.78. The van der Waals surface area contributed by atoms with Crippen molar-refractivity contribution in [3.8, 4) is 29.6 Å². The van der Waals surface area contributed by atoms with Crippen LogP contribution < -0.4 is 9.47 Å². The molecule has 1 unspecified atom stereocenters. The van der Waals surface area contributed by atoms with E-state index in [1.54, 1.807) is 24.3 Å². The van der Waals surface area contributed by atoms with Gasteiger partial charge < -0.3 is 9.47 Å². The average Bonchev–Trinajstić information content (AvgIpc) is 2.78. The minimum Gasteiger partial charge on any atom is -0.492 e. The highest BCUT2D eigenvalue weighted by atomic mass is 35.5. The molecule has 2 nitrogen and oxygen atoms in total. The molecule has 4 heteroatoms. The topological polar surface area (TPSA) is 18.5 Å². The van der Waals surface area contributed by atoms with Gasteiger partial charge in [-0.1, -0.05) is 47.9 Å². The zero-order valence-electron chi connectivity index (χ0n) is 17.8. The Labute approximate surface area is 189 Å². The van der Waals surface area contributed by atoms with Crippen molar-refractivity contribution in [2.45, 2.75) is 38.5 Å². The van der Waals surface area contributed by atoms with Gasteiger partial charge in [-0.2, -0.15) is 0 Å². The van der Waals surface area contributed by atoms with Crippen LogP contribution in [0.25, 0.3) is 0 Å². The first-order chi connectivity index (χ1) is 14.9. The SMILES string of the molecule is C#CC(C)(CCCc1ccc(F)c(Oc2ccccc2)c1)c1ccc(OCC)c(Cl)c1. The summed E-state index contributed by atoms with van der Waals surface area (Å²) in [6, 6.07) is 19.9. The van der Waals surface area contributed by atoms with Gasteiger partial charge in [0.2, 0.25) is 0 Å². The molecule has 0 aliphatic carbocycles. The van der Waals surface area contributed by atoms with Gasteiger partial charge >= 0.3 is 0 Å². The maximum Gasteiger partial charge on any atom is 0.165 e. The summed E-state index contributed by atoms with van der Waals surface area (Å²) >= 11 is 6.36. The van der Waals surface area contributed by atoms with Gasteiger partial charge in [-0.3, -0.25) is 0 Å². The third-order valence-corrected chi connectivity index (χ3v) is 5.59. The number of ether oxygens (including phenoxy) is 2. The number of halogens is 2. The molecule has 0 saturated carbocycles. The molecular formula is C27H26ClFO2. The number of benzene rings is 3. The molecule has 31 heavy (non-hydrogen) atoms. The molecule has 0 aromatic heterocycles. The fourth-order valence-electron chi connectivity index (χ4n) is 3.46. The Bertz CT molecular complexity index is 1060. The smallest absolute Gasteiger partial charge is 0.165 e. The van der Waals surface area contributed by atoms with Crippen molar-refractivity contribution in [3.63, 3.8) is 0 Å². The van der Waals surface area contributed by atoms with Crippen LogP contribution in [0.15, 0.2) is 66.7 Å². The van der Waals surface area contributed by atoms with Crippen molar-refractivity contribution < 1.29 is 13.9 Å². The molecule has 3 aromatic rings. The quantitative estimate of drug-likeness (QED) is 0.322. The second-order valence-electron chi connectivity index (χ2n) is 7.59. The molecular weight excluding hydrogens is 411 g/mol. The van der Waals surface area contributed by atoms with Gasteiger partial charge in [0.1, 0.15) is 11.5 Å². The Balaban J connectivity index is 1.67. The summed E-state index contributed by atoms with van der Waals surface area (Å²) in [5, 5.41) is 0.557. The number of hydrogen-bond acceptors (Lipinski definition) is 2. The lowest BCUT2D eigenvalue weighted by Gasteiger charge is -2.25. The Morgan fingerprint density at radius 2 is 1.81 bits per heavy atom. The standard InChI is InChI=1S/C27H26ClFO2/c1-4-27(3,21-14-16-25(30-5-2)23(28)19-21)17-9-10-20-13-15-24(29)26(18-20)31-22-11-7-6-8-12-22/h1,6-8,11-16,18-19H,5,9-10,17H2,2-3H3. The van der Waals surface area contributed by atoms with Gasteiger partial charge in [0.25, 0.3) is 0 Å². The van der Waals surface area contributed by atoms with Crippen LogP contribution in [-0.2, 0) is 11.8 Å². The molecule has 0 radical (unpaired) electrons. The average molecular weight is 437 g/mol. The number of rotatable bonds is 9. The summed E-state index contributed by atoms with van der Waals surface area (Å²) in [5.74, 6) is 4.03. The molecule has 0 aliphatic heterocycles. The highest BCUT2D eigenvalue weighted by Gasteiger charge is 2.24. The lowest BCUT2D eigenvalue weighted by Crippen LogP contribution is -2.20. The number of aryl methyl sites for hydroxylation is 1. The van der Waals surface area contributed by atoms with Crippen molar-refractivity contribution in [2.24, 2.45) is 0 Å². The predicted octanol–water partition coefficient (Wildman–Crippen LogP) is 7.58. The second kappa shape index (κ2) is 10.4. The number of hydrogen-bond donors (Lipinski definition) is 0. The van der Waals surface area contributed by atoms with E-state index in [1.807, 2.05) is 50.2 Å². The van der Waals surface area contributed by atoms with Gasteiger partial charge in [-0.05, 0) is 80.6 Å². The van der Waals surface area contributed by atoms with E-state index in [0.717, 1.165) is 30.4 Å². The van der Waals surface area contributed by atoms with E-state index in [2.05, 4.69) is 5.92 Å². The fourth-order valence-corrected chi connectivity index (χ4v) is 3.69. The van der Waals surface area contributed by atoms with Crippen LogP contribution in [-0.4, -0.2) is 6.61 Å². The summed E-state index contributed by atoms with van der Waals surface area (Å²) < 4.78 is 25.4. The number of terminal acetylenes is 1. The van der Waals surface area contributed by atoms with E-state index < -0.39 is 5.41 Å². The van der Waals surface area contributed by atoms with Crippen molar-refractivity contribution >= 4 is 11.6 Å². The molecule has 0 N–H and O–H groups in total. The molecule has 0 spiro atoms. The van der Waals surface area contributed by atoms with Crippen molar-refractivity contribution in [3.05, 3.63) is 88.7 Å². The molecule has 160 valence electrons. The monoisotopic (exact) mass is 436 g/mol. The fraction of sp³-hybridized carbons (Fsp3) is 0.259. The molecule has 3 aromatic carbocycles. The minimum absolute atomic E-state index is 0.224. The maximum atomic E-state index is 14.2. The predicted molar refractivity (Wildman–Crippen MR) is 125 cm³/mol. The molecule has 3 rings (SSSR count). The van der Waals surface area contributed by atoms with E-state index in [-0.39, 0.29) is 11.6 Å². The van der Waals surface area contributed by atoms with E-state index >= 15 is 0 Å². The van der Waals surface area contributed by atoms with Gasteiger partial charge in [0.15, 0.2) is 11.6 Å². The minimum atomic E-state index is -0.461. The summed E-state index contributed by atoms with van der Waals surface area (Å²) in [6.07, 6.45) is 8.26. The van der Waals surface area contributed by atoms with E-state index in [9.17, 15) is 4.39 Å². The third kappa shape index (κ3) is 5.81. The van der Waals surface area contributed by atoms with Crippen LogP contribution in [0.5, 0.6) is 17.2 Å². The largest absolute Gasteiger partial charge is 0.492 e. The molecule has 1 atom stereocenters. The summed E-state index contributed by atoms with van der Waals surface area (Å²) in [5.41, 5.74) is 1.52. The molecule has 0 bridgehead atoms. The second-order valence-corrected chi connectivity index (χ2v) is 8.00. The Morgan fingerprint density at radius 3 is 2.48 bits per heavy atom. The first kappa shape index (κ1) is 22.7. The van der Waals surface area contributed by atoms with Gasteiger partial charge in [-0.15, -0.1) is 6.42 Å². The summed E-state index contributed by atoms with van der Waals surface area (Å²) in [7, 11) is 0. The highest BCUT2D eigenvalue weighted by Crippen LogP contribution is 2.35. The number of para-hydroxylation sites is 1. The zero-order chi connectivity index (χ0) is 22.3. The van der Waals surface area contributed by atoms with E-state index in [4.69, 9.17) is 27.5 Å². The van der Waals surface area contributed by atoms with Crippen molar-refractivity contribution in [1.29, 1.82) is 0 Å². The van der Waals surface area contributed by atoms with Crippen molar-refractivity contribution in [1.82, 2.24) is 0 Å². The Kier molecular flexibility index (Phi) is 7.60. The van der Waals surface area contributed by atoms with Crippen molar-refractivity contribution in [2.75, 3.05) is 6.61 Å². The lowest BCUT2D eigenvalue weighted by molar-refractivity contribution is 0.340. The van der Waals surface area contributed by atoms with Crippen LogP contribution in [0.2, 0.25) is 5.02 Å². The molecule has 0 aliphatic rings. The van der Waals surface area contributed by atoms with Gasteiger partial charge in [-0.25, -0.2) is 4.39 Å². The zero-order valence-corrected chi connectivity index (χ0v) is 18.6. The van der Waals surface area contributed by atoms with Crippen LogP contribution in [0.3, 0.4) is 0 Å². The summed E-state index contributed by atoms with van der Waals surface area (Å²) in [4.78, 5) is 0. The van der Waals surface area contributed by atoms with E-state index in [0.29, 0.717) is 23.1 Å².